The molecule has 76 valence electrons. The van der Waals surface area contributed by atoms with Gasteiger partial charge in [0.15, 0.2) is 5.75 Å². The molecule has 2 nitrogen and oxygen atoms in total. The maximum absolute atomic E-state index is 11.7. The zero-order valence-corrected chi connectivity index (χ0v) is 9.56. The quantitative estimate of drug-likeness (QED) is 0.560. The van der Waals surface area contributed by atoms with Gasteiger partial charge in [-0.3, -0.25) is 4.79 Å². The molecule has 0 amide bonds. The second kappa shape index (κ2) is 5.05. The molecular weight excluding hydrogens is 196 g/mol. The van der Waals surface area contributed by atoms with E-state index in [-0.39, 0.29) is 16.7 Å². The summed E-state index contributed by atoms with van der Waals surface area (Å²) in [5, 5.41) is 0. The first kappa shape index (κ1) is 11.1. The van der Waals surface area contributed by atoms with Crippen LogP contribution in [0.5, 0.6) is 5.75 Å². The van der Waals surface area contributed by atoms with E-state index in [4.69, 9.17) is 4.74 Å². The summed E-state index contributed by atoms with van der Waals surface area (Å²) in [7, 11) is 1.76. The molecule has 0 N–H and O–H groups in total. The van der Waals surface area contributed by atoms with E-state index < -0.39 is 0 Å². The lowest BCUT2D eigenvalue weighted by molar-refractivity contribution is 0.102. The molecule has 0 aliphatic rings. The van der Waals surface area contributed by atoms with Crippen LogP contribution >= 0.6 is 0 Å². The average molecular weight is 211 g/mol. The summed E-state index contributed by atoms with van der Waals surface area (Å²) in [5.41, 5.74) is 0.741. The van der Waals surface area contributed by atoms with E-state index in [1.165, 1.54) is 0 Å². The first-order valence-electron chi connectivity index (χ1n) is 4.35. The normalized spacial score (nSPS) is 10.3. The van der Waals surface area contributed by atoms with Crippen molar-refractivity contribution in [1.82, 2.24) is 0 Å². The van der Waals surface area contributed by atoms with Gasteiger partial charge in [-0.05, 0) is 23.0 Å². The lowest BCUT2D eigenvalue weighted by Gasteiger charge is -2.02. The molecule has 0 unspecified atom stereocenters. The average Bonchev–Trinajstić information content (AvgIpc) is 2.17. The van der Waals surface area contributed by atoms with Gasteiger partial charge in [-0.15, -0.1) is 0 Å². The maximum atomic E-state index is 11.7. The van der Waals surface area contributed by atoms with E-state index in [1.54, 1.807) is 13.2 Å². The van der Waals surface area contributed by atoms with Crippen molar-refractivity contribution >= 4 is 16.7 Å². The van der Waals surface area contributed by atoms with Gasteiger partial charge in [-0.25, -0.2) is 0 Å². The van der Waals surface area contributed by atoms with E-state index in [1.807, 2.05) is 18.2 Å². The van der Waals surface area contributed by atoms with E-state index in [9.17, 15) is 4.79 Å². The SMILES string of the molecule is COc1cccc(C(=O)C[S+](C)C)c1. The largest absolute Gasteiger partial charge is 0.497 e. The van der Waals surface area contributed by atoms with E-state index >= 15 is 0 Å². The predicted molar refractivity (Wildman–Crippen MR) is 61.4 cm³/mol. The number of carbonyl (C=O) groups is 1. The smallest absolute Gasteiger partial charge is 0.211 e. The Bertz CT molecular complexity index is 321. The van der Waals surface area contributed by atoms with Gasteiger partial charge in [0.25, 0.3) is 0 Å². The van der Waals surface area contributed by atoms with Crippen molar-refractivity contribution < 1.29 is 9.53 Å². The van der Waals surface area contributed by atoms with Crippen LogP contribution in [0, 0.1) is 0 Å². The van der Waals surface area contributed by atoms with Crippen LogP contribution < -0.4 is 4.74 Å². The summed E-state index contributed by atoms with van der Waals surface area (Å²) in [6.07, 6.45) is 4.14. The molecule has 0 aromatic heterocycles. The minimum Gasteiger partial charge on any atom is -0.497 e. The Labute approximate surface area is 87.6 Å². The Morgan fingerprint density at radius 3 is 2.71 bits per heavy atom. The number of benzene rings is 1. The van der Waals surface area contributed by atoms with Gasteiger partial charge in [-0.1, -0.05) is 12.1 Å². The van der Waals surface area contributed by atoms with Gasteiger partial charge in [0.05, 0.1) is 19.6 Å². The highest BCUT2D eigenvalue weighted by molar-refractivity contribution is 7.96. The number of ketones is 1. The molecule has 0 aliphatic heterocycles. The molecule has 0 heterocycles. The van der Waals surface area contributed by atoms with Crippen LogP contribution in [0.2, 0.25) is 0 Å². The van der Waals surface area contributed by atoms with Crippen molar-refractivity contribution in [2.24, 2.45) is 0 Å². The van der Waals surface area contributed by atoms with Gasteiger partial charge in [0.1, 0.15) is 5.75 Å². The standard InChI is InChI=1S/C11H15O2S/c1-13-10-6-4-5-9(7-10)11(12)8-14(2)3/h4-7H,8H2,1-3H3/q+1. The number of ether oxygens (including phenoxy) is 1. The van der Waals surface area contributed by atoms with Crippen LogP contribution in [0.15, 0.2) is 24.3 Å². The molecule has 0 saturated heterocycles. The Balaban J connectivity index is 2.79. The monoisotopic (exact) mass is 211 g/mol. The minimum absolute atomic E-state index is 0.155. The number of hydrogen-bond acceptors (Lipinski definition) is 2. The van der Waals surface area contributed by atoms with Crippen LogP contribution in [0.3, 0.4) is 0 Å². The van der Waals surface area contributed by atoms with Crippen LogP contribution in [-0.4, -0.2) is 31.2 Å². The van der Waals surface area contributed by atoms with Crippen molar-refractivity contribution in [3.63, 3.8) is 0 Å². The molecule has 14 heavy (non-hydrogen) atoms. The number of hydrogen-bond donors (Lipinski definition) is 0. The van der Waals surface area contributed by atoms with Crippen molar-refractivity contribution in [3.05, 3.63) is 29.8 Å². The summed E-state index contributed by atoms with van der Waals surface area (Å²) < 4.78 is 5.06. The molecule has 0 spiro atoms. The fraction of sp³-hybridized carbons (Fsp3) is 0.364. The highest BCUT2D eigenvalue weighted by atomic mass is 32.2. The van der Waals surface area contributed by atoms with Crippen molar-refractivity contribution in [2.45, 2.75) is 0 Å². The first-order valence-corrected chi connectivity index (χ1v) is 6.56. The fourth-order valence-corrected chi connectivity index (χ4v) is 1.83. The molecule has 0 aliphatic carbocycles. The number of Topliss-reactive ketones (excluding diaryl/α,β-unsaturated/α-hetero) is 1. The van der Waals surface area contributed by atoms with Gasteiger partial charge >= 0.3 is 0 Å². The molecule has 1 aromatic rings. The number of methoxy groups -OCH3 is 1. The van der Waals surface area contributed by atoms with E-state index in [2.05, 4.69) is 12.5 Å². The third-order valence-corrected chi connectivity index (χ3v) is 2.65. The molecule has 0 radical (unpaired) electrons. The maximum Gasteiger partial charge on any atom is 0.211 e. The molecule has 0 atom stereocenters. The zero-order valence-electron chi connectivity index (χ0n) is 8.74. The Morgan fingerprint density at radius 2 is 2.14 bits per heavy atom. The van der Waals surface area contributed by atoms with Crippen LogP contribution in [0.1, 0.15) is 10.4 Å². The summed E-state index contributed by atoms with van der Waals surface area (Å²) in [6.45, 7) is 0. The van der Waals surface area contributed by atoms with Gasteiger partial charge in [0, 0.05) is 5.56 Å². The zero-order chi connectivity index (χ0) is 10.6. The molecule has 0 bridgehead atoms. The van der Waals surface area contributed by atoms with Gasteiger partial charge < -0.3 is 4.74 Å². The van der Waals surface area contributed by atoms with Crippen molar-refractivity contribution in [1.29, 1.82) is 0 Å². The molecular formula is C11H15O2S+. The van der Waals surface area contributed by atoms with Crippen LogP contribution in [0.4, 0.5) is 0 Å². The third kappa shape index (κ3) is 3.07. The summed E-state index contributed by atoms with van der Waals surface area (Å²) in [4.78, 5) is 11.7. The van der Waals surface area contributed by atoms with Gasteiger partial charge in [-0.2, -0.15) is 0 Å². The Morgan fingerprint density at radius 1 is 1.43 bits per heavy atom. The second-order valence-electron chi connectivity index (χ2n) is 3.29. The number of rotatable bonds is 4. The Hall–Kier alpha value is -0.960. The molecule has 0 fully saturated rings. The van der Waals surface area contributed by atoms with Crippen molar-refractivity contribution in [2.75, 3.05) is 25.4 Å². The highest BCUT2D eigenvalue weighted by Gasteiger charge is 2.13. The first-order chi connectivity index (χ1) is 6.63. The minimum atomic E-state index is 0.155. The molecule has 0 saturated carbocycles. The summed E-state index contributed by atoms with van der Waals surface area (Å²) in [5.74, 6) is 1.55. The topological polar surface area (TPSA) is 26.3 Å². The lowest BCUT2D eigenvalue weighted by Crippen LogP contribution is -2.13. The van der Waals surface area contributed by atoms with E-state index in [0.717, 1.165) is 11.3 Å². The van der Waals surface area contributed by atoms with E-state index in [0.29, 0.717) is 5.75 Å². The summed E-state index contributed by atoms with van der Waals surface area (Å²) >= 11 is 0. The van der Waals surface area contributed by atoms with Crippen LogP contribution in [0.25, 0.3) is 0 Å². The van der Waals surface area contributed by atoms with Gasteiger partial charge in [0.2, 0.25) is 5.78 Å². The lowest BCUT2D eigenvalue weighted by atomic mass is 10.1. The fourth-order valence-electron chi connectivity index (χ4n) is 1.14. The number of carbonyl (C=O) groups excluding carboxylic acids is 1. The molecule has 1 aromatic carbocycles. The Kier molecular flexibility index (Phi) is 4.01. The van der Waals surface area contributed by atoms with Crippen molar-refractivity contribution in [3.8, 4) is 5.75 Å². The predicted octanol–water partition coefficient (Wildman–Crippen LogP) is 1.76. The second-order valence-corrected chi connectivity index (χ2v) is 5.54. The molecule has 1 rings (SSSR count). The third-order valence-electron chi connectivity index (χ3n) is 1.81. The molecule has 3 heteroatoms. The van der Waals surface area contributed by atoms with Crippen LogP contribution in [-0.2, 0) is 10.9 Å². The highest BCUT2D eigenvalue weighted by Crippen LogP contribution is 2.13. The summed E-state index contributed by atoms with van der Waals surface area (Å²) in [6, 6.07) is 7.30.